The van der Waals surface area contributed by atoms with Crippen LogP contribution in [0, 0.1) is 5.92 Å². The van der Waals surface area contributed by atoms with Crippen molar-refractivity contribution in [1.82, 2.24) is 10.2 Å². The van der Waals surface area contributed by atoms with E-state index >= 15 is 0 Å². The minimum atomic E-state index is -0.0822. The molecule has 2 aromatic rings. The third kappa shape index (κ3) is 4.85. The van der Waals surface area contributed by atoms with Gasteiger partial charge in [-0.2, -0.15) is 0 Å². The van der Waals surface area contributed by atoms with Crippen molar-refractivity contribution in [1.29, 1.82) is 0 Å². The number of hydrogen-bond donors (Lipinski definition) is 1. The summed E-state index contributed by atoms with van der Waals surface area (Å²) in [6.07, 6.45) is 0. The molecule has 1 aromatic carbocycles. The van der Waals surface area contributed by atoms with Crippen LogP contribution in [0.2, 0.25) is 10.0 Å². The standard InChI is InChI=1S/C13H13Cl2N3OS2/c1-7(2)11(19)16-12-17-18-13(21-12)20-6-8-3-4-9(14)10(15)5-8/h3-5,7H,6H2,1-2H3,(H,16,17,19). The molecule has 1 aromatic heterocycles. The maximum atomic E-state index is 11.6. The smallest absolute Gasteiger partial charge is 0.228 e. The van der Waals surface area contributed by atoms with E-state index in [0.29, 0.717) is 20.9 Å². The zero-order valence-electron chi connectivity index (χ0n) is 11.4. The van der Waals surface area contributed by atoms with Gasteiger partial charge in [-0.25, -0.2) is 0 Å². The average Bonchev–Trinajstić information content (AvgIpc) is 2.87. The minimum absolute atomic E-state index is 0.0628. The Balaban J connectivity index is 1.93. The quantitative estimate of drug-likeness (QED) is 0.617. The largest absolute Gasteiger partial charge is 0.300 e. The van der Waals surface area contributed by atoms with Crippen LogP contribution in [0.5, 0.6) is 0 Å². The number of benzene rings is 1. The maximum Gasteiger partial charge on any atom is 0.228 e. The van der Waals surface area contributed by atoms with E-state index in [4.69, 9.17) is 23.2 Å². The van der Waals surface area contributed by atoms with Gasteiger partial charge in [0, 0.05) is 11.7 Å². The first-order valence-corrected chi connectivity index (χ1v) is 8.72. The Kier molecular flexibility index (Phi) is 5.87. The van der Waals surface area contributed by atoms with Crippen LogP contribution in [0.25, 0.3) is 0 Å². The molecule has 2 rings (SSSR count). The topological polar surface area (TPSA) is 54.9 Å². The highest BCUT2D eigenvalue weighted by Crippen LogP contribution is 2.30. The van der Waals surface area contributed by atoms with E-state index in [1.165, 1.54) is 23.1 Å². The molecule has 8 heteroatoms. The first-order chi connectivity index (χ1) is 9.95. The van der Waals surface area contributed by atoms with Gasteiger partial charge in [0.25, 0.3) is 0 Å². The lowest BCUT2D eigenvalue weighted by Gasteiger charge is -2.02. The summed E-state index contributed by atoms with van der Waals surface area (Å²) in [7, 11) is 0. The number of amides is 1. The summed E-state index contributed by atoms with van der Waals surface area (Å²) < 4.78 is 0.792. The van der Waals surface area contributed by atoms with E-state index in [1.807, 2.05) is 26.0 Å². The fourth-order valence-corrected chi connectivity index (χ4v) is 3.36. The average molecular weight is 362 g/mol. The zero-order valence-corrected chi connectivity index (χ0v) is 14.5. The van der Waals surface area contributed by atoms with Gasteiger partial charge in [-0.15, -0.1) is 10.2 Å². The van der Waals surface area contributed by atoms with Crippen LogP contribution in [-0.2, 0) is 10.5 Å². The Morgan fingerprint density at radius 3 is 2.76 bits per heavy atom. The van der Waals surface area contributed by atoms with Crippen LogP contribution >= 0.6 is 46.3 Å². The normalized spacial score (nSPS) is 10.9. The zero-order chi connectivity index (χ0) is 15.4. The van der Waals surface area contributed by atoms with Crippen molar-refractivity contribution in [3.05, 3.63) is 33.8 Å². The summed E-state index contributed by atoms with van der Waals surface area (Å²) in [6, 6.07) is 5.53. The minimum Gasteiger partial charge on any atom is -0.300 e. The molecule has 0 aliphatic carbocycles. The van der Waals surface area contributed by atoms with Crippen molar-refractivity contribution in [2.75, 3.05) is 5.32 Å². The third-order valence-corrected chi connectivity index (χ3v) is 5.29. The molecule has 0 unspecified atom stereocenters. The Morgan fingerprint density at radius 2 is 2.10 bits per heavy atom. The summed E-state index contributed by atoms with van der Waals surface area (Å²) in [5.74, 6) is 0.567. The van der Waals surface area contributed by atoms with Gasteiger partial charge >= 0.3 is 0 Å². The van der Waals surface area contributed by atoms with E-state index < -0.39 is 0 Å². The molecular weight excluding hydrogens is 349 g/mol. The fourth-order valence-electron chi connectivity index (χ4n) is 1.34. The number of nitrogens with zero attached hydrogens (tertiary/aromatic N) is 2. The number of nitrogens with one attached hydrogen (secondary N) is 1. The summed E-state index contributed by atoms with van der Waals surface area (Å²) in [6.45, 7) is 3.66. The van der Waals surface area contributed by atoms with Gasteiger partial charge < -0.3 is 5.32 Å². The molecular formula is C13H13Cl2N3OS2. The van der Waals surface area contributed by atoms with Gasteiger partial charge in [0.15, 0.2) is 4.34 Å². The number of anilines is 1. The first kappa shape index (κ1) is 16.5. The Morgan fingerprint density at radius 1 is 1.33 bits per heavy atom. The molecule has 1 amide bonds. The predicted octanol–water partition coefficient (Wildman–Crippen LogP) is 4.73. The number of halogens is 2. The van der Waals surface area contributed by atoms with E-state index in [2.05, 4.69) is 15.5 Å². The number of rotatable bonds is 5. The fraction of sp³-hybridized carbons (Fsp3) is 0.308. The molecule has 0 spiro atoms. The second-order valence-electron chi connectivity index (χ2n) is 4.55. The van der Waals surface area contributed by atoms with Crippen LogP contribution in [0.15, 0.2) is 22.5 Å². The molecule has 0 fully saturated rings. The first-order valence-electron chi connectivity index (χ1n) is 6.17. The second-order valence-corrected chi connectivity index (χ2v) is 7.57. The molecule has 112 valence electrons. The molecule has 0 radical (unpaired) electrons. The van der Waals surface area contributed by atoms with E-state index in [0.717, 1.165) is 9.90 Å². The van der Waals surface area contributed by atoms with Gasteiger partial charge in [0.05, 0.1) is 10.0 Å². The Labute approximate surface area is 141 Å². The van der Waals surface area contributed by atoms with Gasteiger partial charge in [-0.3, -0.25) is 4.79 Å². The van der Waals surface area contributed by atoms with Gasteiger partial charge in [-0.05, 0) is 17.7 Å². The molecule has 1 N–H and O–H groups in total. The molecule has 0 aliphatic heterocycles. The van der Waals surface area contributed by atoms with Crippen molar-refractivity contribution in [2.24, 2.45) is 5.92 Å². The Hall–Kier alpha value is -0.820. The number of thioether (sulfide) groups is 1. The van der Waals surface area contributed by atoms with E-state index in [-0.39, 0.29) is 11.8 Å². The van der Waals surface area contributed by atoms with Crippen LogP contribution < -0.4 is 5.32 Å². The summed E-state index contributed by atoms with van der Waals surface area (Å²) in [4.78, 5) is 11.6. The lowest BCUT2D eigenvalue weighted by molar-refractivity contribution is -0.118. The molecule has 4 nitrogen and oxygen atoms in total. The molecule has 0 aliphatic rings. The molecule has 0 bridgehead atoms. The van der Waals surface area contributed by atoms with Crippen LogP contribution in [0.4, 0.5) is 5.13 Å². The van der Waals surface area contributed by atoms with Crippen molar-refractivity contribution < 1.29 is 4.79 Å². The molecule has 0 atom stereocenters. The third-order valence-electron chi connectivity index (χ3n) is 2.51. The van der Waals surface area contributed by atoms with Crippen molar-refractivity contribution >= 4 is 57.3 Å². The number of hydrogen-bond acceptors (Lipinski definition) is 5. The van der Waals surface area contributed by atoms with Gasteiger partial charge in [0.1, 0.15) is 0 Å². The summed E-state index contributed by atoms with van der Waals surface area (Å²) in [5.41, 5.74) is 1.05. The van der Waals surface area contributed by atoms with Crippen molar-refractivity contribution in [3.63, 3.8) is 0 Å². The highest BCUT2D eigenvalue weighted by molar-refractivity contribution is 8.00. The van der Waals surface area contributed by atoms with E-state index in [9.17, 15) is 4.79 Å². The highest BCUT2D eigenvalue weighted by Gasteiger charge is 2.11. The predicted molar refractivity (Wildman–Crippen MR) is 89.4 cm³/mol. The monoisotopic (exact) mass is 361 g/mol. The molecule has 0 saturated carbocycles. The summed E-state index contributed by atoms with van der Waals surface area (Å²) >= 11 is 14.7. The Bertz CT molecular complexity index is 646. The lowest BCUT2D eigenvalue weighted by atomic mass is 10.2. The van der Waals surface area contributed by atoms with E-state index in [1.54, 1.807) is 6.07 Å². The molecule has 0 saturated heterocycles. The molecule has 21 heavy (non-hydrogen) atoms. The lowest BCUT2D eigenvalue weighted by Crippen LogP contribution is -2.17. The van der Waals surface area contributed by atoms with Crippen LogP contribution in [0.3, 0.4) is 0 Å². The van der Waals surface area contributed by atoms with Crippen molar-refractivity contribution in [3.8, 4) is 0 Å². The van der Waals surface area contributed by atoms with Gasteiger partial charge in [0.2, 0.25) is 11.0 Å². The number of aromatic nitrogens is 2. The molecule has 1 heterocycles. The highest BCUT2D eigenvalue weighted by atomic mass is 35.5. The number of carbonyl (C=O) groups excluding carboxylic acids is 1. The SMILES string of the molecule is CC(C)C(=O)Nc1nnc(SCc2ccc(Cl)c(Cl)c2)s1. The van der Waals surface area contributed by atoms with Crippen LogP contribution in [-0.4, -0.2) is 16.1 Å². The summed E-state index contributed by atoms with van der Waals surface area (Å²) in [5, 5.41) is 12.3. The van der Waals surface area contributed by atoms with Gasteiger partial charge in [-0.1, -0.05) is 66.2 Å². The van der Waals surface area contributed by atoms with Crippen LogP contribution in [0.1, 0.15) is 19.4 Å². The second kappa shape index (κ2) is 7.45. The maximum absolute atomic E-state index is 11.6. The number of carbonyl (C=O) groups is 1. The van der Waals surface area contributed by atoms with Crippen molar-refractivity contribution in [2.45, 2.75) is 23.9 Å².